The zero-order valence-electron chi connectivity index (χ0n) is 11.3. The second kappa shape index (κ2) is 6.04. The minimum atomic E-state index is -0.481. The number of rotatable bonds is 4. The average Bonchev–Trinajstić information content (AvgIpc) is 2.36. The Morgan fingerprint density at radius 2 is 2.32 bits per heavy atom. The van der Waals surface area contributed by atoms with E-state index in [1.165, 1.54) is 0 Å². The highest BCUT2D eigenvalue weighted by atomic mass is 16.5. The lowest BCUT2D eigenvalue weighted by atomic mass is 10.1. The van der Waals surface area contributed by atoms with E-state index in [0.717, 1.165) is 18.7 Å². The first-order valence-electron chi connectivity index (χ1n) is 6.45. The van der Waals surface area contributed by atoms with Crippen LogP contribution in [0.5, 0.6) is 5.75 Å². The molecule has 1 saturated heterocycles. The van der Waals surface area contributed by atoms with Crippen LogP contribution in [0.1, 0.15) is 22.8 Å². The van der Waals surface area contributed by atoms with E-state index in [0.29, 0.717) is 17.9 Å². The number of amides is 1. The highest BCUT2D eigenvalue weighted by molar-refractivity contribution is 5.95. The van der Waals surface area contributed by atoms with Crippen molar-refractivity contribution in [2.75, 3.05) is 19.7 Å². The molecule has 0 spiro atoms. The summed E-state index contributed by atoms with van der Waals surface area (Å²) >= 11 is 0. The van der Waals surface area contributed by atoms with E-state index in [9.17, 15) is 4.79 Å². The van der Waals surface area contributed by atoms with Crippen molar-refractivity contribution >= 4 is 5.91 Å². The molecule has 2 rings (SSSR count). The van der Waals surface area contributed by atoms with Crippen molar-refractivity contribution in [2.24, 2.45) is 5.73 Å². The fourth-order valence-corrected chi connectivity index (χ4v) is 2.11. The van der Waals surface area contributed by atoms with Crippen molar-refractivity contribution in [1.29, 1.82) is 0 Å². The largest absolute Gasteiger partial charge is 0.490 e. The van der Waals surface area contributed by atoms with Gasteiger partial charge in [-0.1, -0.05) is 6.07 Å². The Hall–Kier alpha value is -1.59. The number of carbonyl (C=O) groups is 1. The topological polar surface area (TPSA) is 73.6 Å². The van der Waals surface area contributed by atoms with Gasteiger partial charge >= 0.3 is 0 Å². The SMILES string of the molecule is Cc1ccc(C(N)=O)c(OCC2CNCC(C)O2)c1. The van der Waals surface area contributed by atoms with E-state index in [-0.39, 0.29) is 12.2 Å². The Balaban J connectivity index is 2.02. The molecule has 0 aromatic heterocycles. The number of carbonyl (C=O) groups excluding carboxylic acids is 1. The predicted molar refractivity (Wildman–Crippen MR) is 72.4 cm³/mol. The first-order chi connectivity index (χ1) is 9.06. The predicted octanol–water partition coefficient (Wildman–Crippen LogP) is 0.850. The lowest BCUT2D eigenvalue weighted by molar-refractivity contribution is -0.0471. The Morgan fingerprint density at radius 3 is 3.00 bits per heavy atom. The molecule has 1 fully saturated rings. The quantitative estimate of drug-likeness (QED) is 0.845. The summed E-state index contributed by atoms with van der Waals surface area (Å²) in [6.07, 6.45) is 0.167. The molecule has 1 aliphatic rings. The first kappa shape index (κ1) is 13.8. The molecule has 2 atom stereocenters. The van der Waals surface area contributed by atoms with Crippen LogP contribution < -0.4 is 15.8 Å². The highest BCUT2D eigenvalue weighted by Crippen LogP contribution is 2.20. The monoisotopic (exact) mass is 264 g/mol. The number of hydrogen-bond donors (Lipinski definition) is 2. The molecule has 5 nitrogen and oxygen atoms in total. The van der Waals surface area contributed by atoms with Gasteiger partial charge in [0, 0.05) is 13.1 Å². The summed E-state index contributed by atoms with van der Waals surface area (Å²) in [6, 6.07) is 5.35. The summed E-state index contributed by atoms with van der Waals surface area (Å²) in [6.45, 7) is 5.97. The molecule has 0 radical (unpaired) electrons. The second-order valence-electron chi connectivity index (χ2n) is 4.90. The van der Waals surface area contributed by atoms with Crippen molar-refractivity contribution in [3.63, 3.8) is 0 Å². The molecule has 104 valence electrons. The summed E-state index contributed by atoms with van der Waals surface area (Å²) in [5.41, 5.74) is 6.76. The second-order valence-corrected chi connectivity index (χ2v) is 4.90. The first-order valence-corrected chi connectivity index (χ1v) is 6.45. The van der Waals surface area contributed by atoms with Crippen molar-refractivity contribution in [3.8, 4) is 5.75 Å². The third-order valence-corrected chi connectivity index (χ3v) is 3.06. The van der Waals surface area contributed by atoms with Gasteiger partial charge in [0.1, 0.15) is 18.5 Å². The molecule has 0 aliphatic carbocycles. The number of nitrogens with two attached hydrogens (primary N) is 1. The number of morpholine rings is 1. The third-order valence-electron chi connectivity index (χ3n) is 3.06. The molecule has 0 saturated carbocycles. The Labute approximate surface area is 113 Å². The van der Waals surface area contributed by atoms with E-state index in [1.54, 1.807) is 6.07 Å². The Morgan fingerprint density at radius 1 is 1.53 bits per heavy atom. The molecule has 3 N–H and O–H groups in total. The number of hydrogen-bond acceptors (Lipinski definition) is 4. The van der Waals surface area contributed by atoms with E-state index >= 15 is 0 Å². The molecular formula is C14H20N2O3. The smallest absolute Gasteiger partial charge is 0.252 e. The lowest BCUT2D eigenvalue weighted by Crippen LogP contribution is -2.45. The van der Waals surface area contributed by atoms with Crippen molar-refractivity contribution < 1.29 is 14.3 Å². The molecule has 1 aromatic rings. The van der Waals surface area contributed by atoms with Gasteiger partial charge in [0.25, 0.3) is 5.91 Å². The minimum absolute atomic E-state index is 0.00927. The van der Waals surface area contributed by atoms with Crippen molar-refractivity contribution in [2.45, 2.75) is 26.1 Å². The van der Waals surface area contributed by atoms with Crippen molar-refractivity contribution in [1.82, 2.24) is 5.32 Å². The van der Waals surface area contributed by atoms with Crippen molar-refractivity contribution in [3.05, 3.63) is 29.3 Å². The molecule has 2 unspecified atom stereocenters. The van der Waals surface area contributed by atoms with Crippen LogP contribution in [0.25, 0.3) is 0 Å². The van der Waals surface area contributed by atoms with Crippen LogP contribution in [0.15, 0.2) is 18.2 Å². The number of benzene rings is 1. The molecule has 1 heterocycles. The van der Waals surface area contributed by atoms with Crippen LogP contribution in [0.4, 0.5) is 0 Å². The number of aryl methyl sites for hydroxylation is 1. The van der Waals surface area contributed by atoms with Gasteiger partial charge in [0.05, 0.1) is 11.7 Å². The average molecular weight is 264 g/mol. The van der Waals surface area contributed by atoms with Crippen LogP contribution in [0.2, 0.25) is 0 Å². The van der Waals surface area contributed by atoms with Gasteiger partial charge < -0.3 is 20.5 Å². The summed E-state index contributed by atoms with van der Waals surface area (Å²) in [5.74, 6) is 0.0420. The van der Waals surface area contributed by atoms with Gasteiger partial charge in [-0.3, -0.25) is 4.79 Å². The molecular weight excluding hydrogens is 244 g/mol. The molecule has 5 heteroatoms. The molecule has 19 heavy (non-hydrogen) atoms. The molecule has 1 aliphatic heterocycles. The van der Waals surface area contributed by atoms with Gasteiger partial charge in [0.2, 0.25) is 0 Å². The summed E-state index contributed by atoms with van der Waals surface area (Å²) < 4.78 is 11.4. The summed E-state index contributed by atoms with van der Waals surface area (Å²) in [5, 5.41) is 3.27. The van der Waals surface area contributed by atoms with E-state index in [2.05, 4.69) is 5.32 Å². The Bertz CT molecular complexity index is 462. The number of ether oxygens (including phenoxy) is 2. The number of primary amides is 1. The number of nitrogens with one attached hydrogen (secondary N) is 1. The summed E-state index contributed by atoms with van der Waals surface area (Å²) in [7, 11) is 0. The van der Waals surface area contributed by atoms with E-state index in [1.807, 2.05) is 26.0 Å². The van der Waals surface area contributed by atoms with Gasteiger partial charge in [-0.25, -0.2) is 0 Å². The molecule has 1 amide bonds. The third kappa shape index (κ3) is 3.68. The zero-order valence-corrected chi connectivity index (χ0v) is 11.3. The molecule has 0 bridgehead atoms. The maximum Gasteiger partial charge on any atom is 0.252 e. The maximum absolute atomic E-state index is 11.3. The fraction of sp³-hybridized carbons (Fsp3) is 0.500. The highest BCUT2D eigenvalue weighted by Gasteiger charge is 2.20. The summed E-state index contributed by atoms with van der Waals surface area (Å²) in [4.78, 5) is 11.3. The van der Waals surface area contributed by atoms with Gasteiger partial charge in [-0.2, -0.15) is 0 Å². The van der Waals surface area contributed by atoms with Crippen LogP contribution in [0, 0.1) is 6.92 Å². The van der Waals surface area contributed by atoms with Gasteiger partial charge in [-0.05, 0) is 31.5 Å². The van der Waals surface area contributed by atoms with Crippen LogP contribution in [-0.4, -0.2) is 37.8 Å². The van der Waals surface area contributed by atoms with E-state index in [4.69, 9.17) is 15.2 Å². The van der Waals surface area contributed by atoms with Gasteiger partial charge in [-0.15, -0.1) is 0 Å². The van der Waals surface area contributed by atoms with Gasteiger partial charge in [0.15, 0.2) is 0 Å². The minimum Gasteiger partial charge on any atom is -0.490 e. The lowest BCUT2D eigenvalue weighted by Gasteiger charge is -2.28. The maximum atomic E-state index is 11.3. The van der Waals surface area contributed by atoms with E-state index < -0.39 is 5.91 Å². The standard InChI is InChI=1S/C14H20N2O3/c1-9-3-4-12(14(15)17)13(5-9)18-8-11-7-16-6-10(2)19-11/h3-5,10-11,16H,6-8H2,1-2H3,(H2,15,17). The normalized spacial score (nSPS) is 23.1. The molecule has 1 aromatic carbocycles. The fourth-order valence-electron chi connectivity index (χ4n) is 2.11. The Kier molecular flexibility index (Phi) is 4.39. The van der Waals surface area contributed by atoms with Crippen LogP contribution in [0.3, 0.4) is 0 Å². The van der Waals surface area contributed by atoms with Crippen LogP contribution in [-0.2, 0) is 4.74 Å². The van der Waals surface area contributed by atoms with Crippen LogP contribution >= 0.6 is 0 Å². The zero-order chi connectivity index (χ0) is 13.8.